The zero-order chi connectivity index (χ0) is 16.6. The summed E-state index contributed by atoms with van der Waals surface area (Å²) in [5, 5.41) is -0.837. The predicted molar refractivity (Wildman–Crippen MR) is 88.4 cm³/mol. The number of alkyl halides is 1. The molecule has 0 radical (unpaired) electrons. The number of imide groups is 1. The average Bonchev–Trinajstić information content (AvgIpc) is 3.11. The minimum absolute atomic E-state index is 0.0518. The summed E-state index contributed by atoms with van der Waals surface area (Å²) in [6, 6.07) is 8.07. The van der Waals surface area contributed by atoms with Crippen LogP contribution in [0.5, 0.6) is 0 Å². The van der Waals surface area contributed by atoms with Crippen molar-refractivity contribution in [2.24, 2.45) is 4.99 Å². The summed E-state index contributed by atoms with van der Waals surface area (Å²) in [5.74, 6) is -0.675. The van der Waals surface area contributed by atoms with Gasteiger partial charge >= 0.3 is 0 Å². The van der Waals surface area contributed by atoms with E-state index in [0.717, 1.165) is 4.90 Å². The fraction of sp³-hybridized carbons (Fsp3) is 0.133. The Morgan fingerprint density at radius 3 is 2.65 bits per heavy atom. The number of furan rings is 1. The molecule has 1 atom stereocenters. The van der Waals surface area contributed by atoms with Crippen molar-refractivity contribution in [2.75, 3.05) is 4.90 Å². The number of benzene rings is 1. The van der Waals surface area contributed by atoms with Crippen molar-refractivity contribution < 1.29 is 14.0 Å². The Kier molecular flexibility index (Phi) is 4.43. The summed E-state index contributed by atoms with van der Waals surface area (Å²) in [5.41, 5.74) is 0.132. The highest BCUT2D eigenvalue weighted by Crippen LogP contribution is 2.35. The van der Waals surface area contributed by atoms with E-state index in [-0.39, 0.29) is 28.0 Å². The van der Waals surface area contributed by atoms with E-state index in [2.05, 4.69) is 4.99 Å². The second-order valence-corrected chi connectivity index (χ2v) is 5.92. The maximum atomic E-state index is 12.5. The first-order chi connectivity index (χ1) is 11.0. The summed E-state index contributed by atoms with van der Waals surface area (Å²) in [7, 11) is 0. The Labute approximate surface area is 146 Å². The second-order valence-electron chi connectivity index (χ2n) is 4.70. The van der Waals surface area contributed by atoms with Crippen LogP contribution in [0.1, 0.15) is 5.76 Å². The largest absolute Gasteiger partial charge is 0.467 e. The average molecular weight is 372 g/mol. The van der Waals surface area contributed by atoms with Crippen LogP contribution in [0.25, 0.3) is 0 Å². The molecule has 8 heteroatoms. The Hall–Kier alpha value is -1.82. The molecule has 1 aromatic carbocycles. The first-order valence-electron chi connectivity index (χ1n) is 6.54. The molecule has 2 aromatic rings. The molecule has 2 heterocycles. The first kappa shape index (κ1) is 16.1. The van der Waals surface area contributed by atoms with Crippen LogP contribution in [0, 0.1) is 0 Å². The smallest absolute Gasteiger partial charge is 0.281 e. The van der Waals surface area contributed by atoms with Crippen LogP contribution >= 0.6 is 34.8 Å². The van der Waals surface area contributed by atoms with Crippen molar-refractivity contribution in [1.82, 2.24) is 0 Å². The normalized spacial score (nSPS) is 19.9. The number of aliphatic imine (C=N–C) groups is 1. The molecule has 118 valence electrons. The fourth-order valence-electron chi connectivity index (χ4n) is 2.16. The quantitative estimate of drug-likeness (QED) is 0.610. The summed E-state index contributed by atoms with van der Waals surface area (Å²) >= 11 is 18.1. The molecule has 0 bridgehead atoms. The van der Waals surface area contributed by atoms with Gasteiger partial charge in [-0.15, -0.1) is 11.6 Å². The van der Waals surface area contributed by atoms with Crippen LogP contribution in [-0.2, 0) is 16.1 Å². The standard InChI is InChI=1S/C15H9Cl3N2O3/c16-9-4-1-5-10(11(9)17)20-14(21)12(18)13(15(20)22)19-7-8-3-2-6-23-8/h1-6,12H,7H2. The van der Waals surface area contributed by atoms with Gasteiger partial charge in [-0.25, -0.2) is 4.90 Å². The molecule has 1 aliphatic rings. The molecule has 0 spiro atoms. The van der Waals surface area contributed by atoms with E-state index in [1.54, 1.807) is 24.3 Å². The molecule has 23 heavy (non-hydrogen) atoms. The fourth-order valence-corrected chi connectivity index (χ4v) is 2.80. The van der Waals surface area contributed by atoms with Gasteiger partial charge in [0.15, 0.2) is 5.38 Å². The van der Waals surface area contributed by atoms with Gasteiger partial charge in [0.05, 0.1) is 28.5 Å². The molecule has 1 fully saturated rings. The number of amides is 2. The van der Waals surface area contributed by atoms with Crippen LogP contribution < -0.4 is 4.90 Å². The third-order valence-corrected chi connectivity index (χ3v) is 4.46. The zero-order valence-corrected chi connectivity index (χ0v) is 13.8. The predicted octanol–water partition coefficient (Wildman–Crippen LogP) is 3.71. The summed E-state index contributed by atoms with van der Waals surface area (Å²) in [4.78, 5) is 29.8. The molecule has 1 aromatic heterocycles. The van der Waals surface area contributed by atoms with Crippen LogP contribution in [0.15, 0.2) is 46.0 Å². The minimum atomic E-state index is -1.17. The lowest BCUT2D eigenvalue weighted by atomic mass is 10.3. The van der Waals surface area contributed by atoms with Crippen LogP contribution in [0.2, 0.25) is 10.0 Å². The number of hydrogen-bond acceptors (Lipinski definition) is 4. The number of rotatable bonds is 3. The topological polar surface area (TPSA) is 62.9 Å². The Balaban J connectivity index is 1.95. The third kappa shape index (κ3) is 2.87. The van der Waals surface area contributed by atoms with Gasteiger partial charge in [-0.1, -0.05) is 29.3 Å². The van der Waals surface area contributed by atoms with Gasteiger partial charge in [0.2, 0.25) is 0 Å². The monoisotopic (exact) mass is 370 g/mol. The van der Waals surface area contributed by atoms with E-state index in [0.29, 0.717) is 5.76 Å². The molecule has 5 nitrogen and oxygen atoms in total. The van der Waals surface area contributed by atoms with E-state index >= 15 is 0 Å². The Morgan fingerprint density at radius 2 is 1.96 bits per heavy atom. The molecule has 1 saturated heterocycles. The lowest BCUT2D eigenvalue weighted by Gasteiger charge is -2.15. The molecule has 0 N–H and O–H groups in total. The van der Waals surface area contributed by atoms with E-state index < -0.39 is 17.2 Å². The van der Waals surface area contributed by atoms with E-state index in [9.17, 15) is 9.59 Å². The highest BCUT2D eigenvalue weighted by Gasteiger charge is 2.45. The molecule has 1 aliphatic heterocycles. The molecule has 1 unspecified atom stereocenters. The lowest BCUT2D eigenvalue weighted by Crippen LogP contribution is -2.31. The maximum absolute atomic E-state index is 12.5. The van der Waals surface area contributed by atoms with Crippen LogP contribution in [-0.4, -0.2) is 22.9 Å². The van der Waals surface area contributed by atoms with E-state index in [4.69, 9.17) is 39.2 Å². The zero-order valence-electron chi connectivity index (χ0n) is 11.5. The number of carbonyl (C=O) groups is 2. The third-order valence-electron chi connectivity index (χ3n) is 3.26. The van der Waals surface area contributed by atoms with Gasteiger partial charge in [0.1, 0.15) is 11.5 Å². The lowest BCUT2D eigenvalue weighted by molar-refractivity contribution is -0.120. The van der Waals surface area contributed by atoms with Crippen LogP contribution in [0.3, 0.4) is 0 Å². The van der Waals surface area contributed by atoms with Crippen molar-refractivity contribution in [2.45, 2.75) is 11.9 Å². The summed E-state index contributed by atoms with van der Waals surface area (Å²) in [6.07, 6.45) is 1.49. The van der Waals surface area contributed by atoms with Gasteiger partial charge in [-0.3, -0.25) is 14.6 Å². The Bertz CT molecular complexity index is 802. The van der Waals surface area contributed by atoms with Gasteiger partial charge in [-0.2, -0.15) is 0 Å². The summed E-state index contributed by atoms with van der Waals surface area (Å²) in [6.45, 7) is 0.113. The molecule has 0 aliphatic carbocycles. The van der Waals surface area contributed by atoms with Gasteiger partial charge in [0, 0.05) is 0 Å². The number of hydrogen-bond donors (Lipinski definition) is 0. The maximum Gasteiger partial charge on any atom is 0.281 e. The first-order valence-corrected chi connectivity index (χ1v) is 7.73. The van der Waals surface area contributed by atoms with Crippen molar-refractivity contribution in [3.8, 4) is 0 Å². The molecular formula is C15H9Cl3N2O3. The van der Waals surface area contributed by atoms with Gasteiger partial charge in [0.25, 0.3) is 11.8 Å². The highest BCUT2D eigenvalue weighted by atomic mass is 35.5. The Morgan fingerprint density at radius 1 is 1.17 bits per heavy atom. The number of halogens is 3. The molecular weight excluding hydrogens is 363 g/mol. The number of anilines is 1. The van der Waals surface area contributed by atoms with Crippen molar-refractivity contribution in [1.29, 1.82) is 0 Å². The molecule has 2 amide bonds. The van der Waals surface area contributed by atoms with Gasteiger partial charge < -0.3 is 4.42 Å². The van der Waals surface area contributed by atoms with E-state index in [1.807, 2.05) is 0 Å². The SMILES string of the molecule is O=C1C(=NCc2ccco2)C(Cl)C(=O)N1c1cccc(Cl)c1Cl. The number of carbonyl (C=O) groups excluding carboxylic acids is 2. The molecule has 3 rings (SSSR count). The minimum Gasteiger partial charge on any atom is -0.467 e. The van der Waals surface area contributed by atoms with Crippen LogP contribution in [0.4, 0.5) is 5.69 Å². The number of nitrogens with zero attached hydrogens (tertiary/aromatic N) is 2. The van der Waals surface area contributed by atoms with Gasteiger partial charge in [-0.05, 0) is 24.3 Å². The van der Waals surface area contributed by atoms with E-state index in [1.165, 1.54) is 12.3 Å². The van der Waals surface area contributed by atoms with Crippen molar-refractivity contribution in [3.05, 3.63) is 52.4 Å². The second kappa shape index (κ2) is 6.35. The highest BCUT2D eigenvalue weighted by molar-refractivity contribution is 6.68. The van der Waals surface area contributed by atoms with Crippen molar-refractivity contribution >= 4 is 58.0 Å². The summed E-state index contributed by atoms with van der Waals surface area (Å²) < 4.78 is 5.14. The van der Waals surface area contributed by atoms with Crippen molar-refractivity contribution in [3.63, 3.8) is 0 Å². The molecule has 0 saturated carbocycles.